The van der Waals surface area contributed by atoms with Crippen molar-refractivity contribution in [3.8, 4) is 51.7 Å². The molecular weight excluding hydrogens is 666 g/mol. The van der Waals surface area contributed by atoms with Crippen LogP contribution in [0.3, 0.4) is 0 Å². The summed E-state index contributed by atoms with van der Waals surface area (Å²) in [6.07, 6.45) is -6.65. The molecule has 264 valence electrons. The molecule has 0 aliphatic carbocycles. The SMILES string of the molecule is COc1ccc2c(c1OC)O[C@H]1c3c(cc4c(c3-c3c[nH]c5ccccc35)C#CC[C@]3(O)[C@H](O)[C@@H](O)[C@H](O4)O[C@@H]3COC(=O)CC(=O)O)OC[C@@H]21. The Bertz CT molecular complexity index is 2130. The number of H-pyrrole nitrogens is 1. The average molecular weight is 700 g/mol. The van der Waals surface area contributed by atoms with E-state index in [-0.39, 0.29) is 18.3 Å². The van der Waals surface area contributed by atoms with Gasteiger partial charge in [-0.1, -0.05) is 36.1 Å². The summed E-state index contributed by atoms with van der Waals surface area (Å²) in [5.41, 5.74) is 1.97. The largest absolute Gasteiger partial charge is 0.493 e. The number of carboxylic acids is 1. The quantitative estimate of drug-likeness (QED) is 0.107. The summed E-state index contributed by atoms with van der Waals surface area (Å²) in [6, 6.07) is 13.1. The number of aromatic amines is 1. The van der Waals surface area contributed by atoms with Crippen molar-refractivity contribution in [2.45, 2.75) is 55.1 Å². The van der Waals surface area contributed by atoms with E-state index in [4.69, 9.17) is 38.3 Å². The lowest BCUT2D eigenvalue weighted by atomic mass is 9.80. The first-order chi connectivity index (χ1) is 24.6. The maximum atomic E-state index is 12.0. The number of fused-ring (bicyclic) bond motifs is 9. The van der Waals surface area contributed by atoms with Crippen LogP contribution in [0.4, 0.5) is 0 Å². The molecule has 7 atom stereocenters. The molecule has 9 rings (SSSR count). The number of esters is 1. The predicted octanol–water partition coefficient (Wildman–Crippen LogP) is 2.79. The van der Waals surface area contributed by atoms with Gasteiger partial charge in [-0.2, -0.15) is 0 Å². The lowest BCUT2D eigenvalue weighted by molar-refractivity contribution is -0.312. The molecule has 14 heteroatoms. The zero-order valence-electron chi connectivity index (χ0n) is 27.4. The number of hydrogen-bond donors (Lipinski definition) is 5. The lowest BCUT2D eigenvalue weighted by Gasteiger charge is -2.47. The molecule has 51 heavy (non-hydrogen) atoms. The van der Waals surface area contributed by atoms with E-state index in [2.05, 4.69) is 16.8 Å². The summed E-state index contributed by atoms with van der Waals surface area (Å²) in [6.45, 7) is -0.389. The molecular formula is C37H33NO13. The van der Waals surface area contributed by atoms with Crippen LogP contribution in [-0.4, -0.2) is 95.0 Å². The molecule has 0 radical (unpaired) electrons. The Kier molecular flexibility index (Phi) is 7.95. The minimum absolute atomic E-state index is 0.153. The van der Waals surface area contributed by atoms with E-state index >= 15 is 0 Å². The highest BCUT2D eigenvalue weighted by atomic mass is 16.7. The molecule has 0 unspecified atom stereocenters. The number of ether oxygens (including phenoxy) is 7. The van der Waals surface area contributed by atoms with Gasteiger partial charge in [-0.15, -0.1) is 0 Å². The van der Waals surface area contributed by atoms with Crippen molar-refractivity contribution in [1.29, 1.82) is 0 Å². The number of aliphatic carboxylic acids is 1. The van der Waals surface area contributed by atoms with Gasteiger partial charge >= 0.3 is 11.9 Å². The Hall–Kier alpha value is -5.46. The minimum Gasteiger partial charge on any atom is -0.493 e. The molecule has 5 aliphatic rings. The first kappa shape index (κ1) is 32.7. The van der Waals surface area contributed by atoms with Gasteiger partial charge in [0.15, 0.2) is 11.5 Å². The van der Waals surface area contributed by atoms with Crippen LogP contribution in [0.5, 0.6) is 28.7 Å². The van der Waals surface area contributed by atoms with E-state index < -0.39 is 67.7 Å². The Balaban J connectivity index is 1.29. The fourth-order valence-electron chi connectivity index (χ4n) is 7.38. The minimum atomic E-state index is -2.23. The summed E-state index contributed by atoms with van der Waals surface area (Å²) in [5, 5.41) is 43.8. The molecule has 5 N–H and O–H groups in total. The molecule has 0 spiro atoms. The highest BCUT2D eigenvalue weighted by molar-refractivity contribution is 5.99. The molecule has 4 aromatic rings. The maximum Gasteiger partial charge on any atom is 0.317 e. The van der Waals surface area contributed by atoms with Gasteiger partial charge in [0.05, 0.1) is 32.3 Å². The Morgan fingerprint density at radius 1 is 1.08 bits per heavy atom. The second-order valence-corrected chi connectivity index (χ2v) is 12.7. The van der Waals surface area contributed by atoms with Gasteiger partial charge in [0.2, 0.25) is 12.0 Å². The number of aromatic nitrogens is 1. The van der Waals surface area contributed by atoms with Crippen LogP contribution in [0.2, 0.25) is 0 Å². The normalized spacial score (nSPS) is 26.8. The maximum absolute atomic E-state index is 12.0. The molecule has 6 heterocycles. The van der Waals surface area contributed by atoms with Gasteiger partial charge in [0.25, 0.3) is 0 Å². The highest BCUT2D eigenvalue weighted by Crippen LogP contribution is 2.59. The number of aliphatic hydroxyl groups excluding tert-OH is 2. The number of para-hydroxylation sites is 1. The monoisotopic (exact) mass is 699 g/mol. The Morgan fingerprint density at radius 3 is 2.69 bits per heavy atom. The van der Waals surface area contributed by atoms with Crippen LogP contribution in [-0.2, 0) is 19.1 Å². The van der Waals surface area contributed by atoms with Crippen LogP contribution in [0.1, 0.15) is 41.6 Å². The molecule has 14 nitrogen and oxygen atoms in total. The first-order valence-corrected chi connectivity index (χ1v) is 16.2. The Morgan fingerprint density at radius 2 is 1.90 bits per heavy atom. The molecule has 3 aromatic carbocycles. The van der Waals surface area contributed by atoms with Crippen molar-refractivity contribution in [3.63, 3.8) is 0 Å². The summed E-state index contributed by atoms with van der Waals surface area (Å²) in [4.78, 5) is 26.3. The second-order valence-electron chi connectivity index (χ2n) is 12.7. The number of rotatable bonds is 7. The van der Waals surface area contributed by atoms with Gasteiger partial charge in [0, 0.05) is 51.8 Å². The number of carbonyl (C=O) groups is 2. The molecule has 1 saturated heterocycles. The number of methoxy groups -OCH3 is 2. The smallest absolute Gasteiger partial charge is 0.317 e. The zero-order chi connectivity index (χ0) is 35.6. The van der Waals surface area contributed by atoms with Crippen LogP contribution < -0.4 is 23.7 Å². The number of benzene rings is 3. The van der Waals surface area contributed by atoms with E-state index in [1.54, 1.807) is 20.3 Å². The average Bonchev–Trinajstić information content (AvgIpc) is 3.72. The number of hydrogen-bond acceptors (Lipinski definition) is 12. The third-order valence-corrected chi connectivity index (χ3v) is 9.88. The predicted molar refractivity (Wildman–Crippen MR) is 176 cm³/mol. The summed E-state index contributed by atoms with van der Waals surface area (Å²) < 4.78 is 41.7. The molecule has 0 amide bonds. The standard InChI is InChI=1S/C37H33NO13/c1-45-23-10-9-18-21-15-47-25-12-24-19(7-5-11-37(44)26(16-48-28(41)13-27(39)40)50-36(49-24)31(42)35(37)43)29(20-14-38-22-8-4-3-6-17(20)22)30(25)32(21)51-33(18)34(23)46-2/h3-4,6,8-10,12,14,21,26,31-32,35-36,38,42-44H,11,13,15-16H2,1-2H3,(H,39,40)/t21-,26+,31+,32+,35+,36+,37+/m0/s1. The first-order valence-electron chi connectivity index (χ1n) is 16.2. The van der Waals surface area contributed by atoms with E-state index in [1.165, 1.54) is 0 Å². The van der Waals surface area contributed by atoms with Crippen LogP contribution in [0, 0.1) is 11.8 Å². The molecule has 1 fully saturated rings. The van der Waals surface area contributed by atoms with E-state index in [0.717, 1.165) is 22.0 Å². The van der Waals surface area contributed by atoms with Crippen LogP contribution >= 0.6 is 0 Å². The van der Waals surface area contributed by atoms with Crippen LogP contribution in [0.25, 0.3) is 22.0 Å². The summed E-state index contributed by atoms with van der Waals surface area (Å²) in [5.74, 6) is 5.50. The molecule has 1 aromatic heterocycles. The van der Waals surface area contributed by atoms with Crippen molar-refractivity contribution in [2.75, 3.05) is 27.4 Å². The van der Waals surface area contributed by atoms with Crippen LogP contribution in [0.15, 0.2) is 48.7 Å². The summed E-state index contributed by atoms with van der Waals surface area (Å²) >= 11 is 0. The molecule has 0 saturated carbocycles. The van der Waals surface area contributed by atoms with Gasteiger partial charge in [0.1, 0.15) is 54.5 Å². The van der Waals surface area contributed by atoms with Crippen molar-refractivity contribution in [1.82, 2.24) is 4.98 Å². The third-order valence-electron chi connectivity index (χ3n) is 9.88. The Labute approximate surface area is 290 Å². The number of aliphatic hydroxyl groups is 3. The second kappa shape index (κ2) is 12.4. The van der Waals surface area contributed by atoms with Gasteiger partial charge in [-0.25, -0.2) is 0 Å². The van der Waals surface area contributed by atoms with E-state index in [1.807, 2.05) is 42.6 Å². The van der Waals surface area contributed by atoms with Gasteiger partial charge in [-0.05, 0) is 12.1 Å². The van der Waals surface area contributed by atoms with E-state index in [9.17, 15) is 24.9 Å². The lowest BCUT2D eigenvalue weighted by Crippen LogP contribution is -2.68. The van der Waals surface area contributed by atoms with Gasteiger partial charge in [-0.3, -0.25) is 9.59 Å². The van der Waals surface area contributed by atoms with Crippen molar-refractivity contribution in [3.05, 3.63) is 65.4 Å². The highest BCUT2D eigenvalue weighted by Gasteiger charge is 2.56. The topological polar surface area (TPSA) is 195 Å². The fraction of sp³-hybridized carbons (Fsp3) is 0.351. The van der Waals surface area contributed by atoms with E-state index in [0.29, 0.717) is 39.7 Å². The zero-order valence-corrected chi connectivity index (χ0v) is 27.4. The fourth-order valence-corrected chi connectivity index (χ4v) is 7.38. The van der Waals surface area contributed by atoms with Crippen molar-refractivity contribution < 1.29 is 63.2 Å². The van der Waals surface area contributed by atoms with Crippen molar-refractivity contribution >= 4 is 22.8 Å². The third kappa shape index (κ3) is 5.20. The molecule has 5 aliphatic heterocycles. The number of nitrogens with one attached hydrogen (secondary N) is 1. The van der Waals surface area contributed by atoms with Crippen molar-refractivity contribution in [2.24, 2.45) is 0 Å². The van der Waals surface area contributed by atoms with Gasteiger partial charge < -0.3 is 58.6 Å². The number of carboxylic acid groups (broad SMARTS) is 1. The molecule has 2 bridgehead atoms. The summed E-state index contributed by atoms with van der Waals surface area (Å²) in [7, 11) is 3.10. The number of carbonyl (C=O) groups excluding carboxylic acids is 1.